The minimum Gasteiger partial charge on any atom is -0.462 e. The molecule has 5 nitrogen and oxygen atoms in total. The summed E-state index contributed by atoms with van der Waals surface area (Å²) in [6, 6.07) is 0. The van der Waals surface area contributed by atoms with Crippen LogP contribution in [0.15, 0.2) is 23.8 Å². The first-order chi connectivity index (χ1) is 10.2. The highest BCUT2D eigenvalue weighted by Gasteiger charge is 2.58. The Hall–Kier alpha value is -1.62. The Kier molecular flexibility index (Phi) is 3.44. The monoisotopic (exact) mass is 306 g/mol. The Labute approximate surface area is 130 Å². The Bertz CT molecular complexity index is 574. The van der Waals surface area contributed by atoms with Crippen LogP contribution < -0.4 is 0 Å². The van der Waals surface area contributed by atoms with E-state index in [4.69, 9.17) is 9.47 Å². The predicted octanol–water partition coefficient (Wildman–Crippen LogP) is 1.75. The van der Waals surface area contributed by atoms with Crippen molar-refractivity contribution in [2.45, 2.75) is 51.4 Å². The maximum Gasteiger partial charge on any atom is 0.334 e. The van der Waals surface area contributed by atoms with Crippen LogP contribution in [0.25, 0.3) is 0 Å². The van der Waals surface area contributed by atoms with E-state index in [1.807, 2.05) is 6.92 Å². The van der Waals surface area contributed by atoms with E-state index in [1.54, 1.807) is 6.92 Å². The normalized spacial score (nSPS) is 43.8. The molecule has 5 heteroatoms. The molecule has 6 unspecified atom stereocenters. The first-order valence-corrected chi connectivity index (χ1v) is 7.68. The lowest BCUT2D eigenvalue weighted by atomic mass is 9.76. The van der Waals surface area contributed by atoms with Crippen molar-refractivity contribution < 1.29 is 24.2 Å². The minimum absolute atomic E-state index is 0.0424. The minimum atomic E-state index is -0.990. The number of hydrogen-bond acceptors (Lipinski definition) is 5. The fraction of sp³-hybridized carbons (Fsp3) is 0.647. The number of esters is 2. The molecule has 0 amide bonds. The average Bonchev–Trinajstić information content (AvgIpc) is 2.87. The van der Waals surface area contributed by atoms with Gasteiger partial charge in [0.15, 0.2) is 0 Å². The lowest BCUT2D eigenvalue weighted by molar-refractivity contribution is -0.152. The molecule has 3 rings (SSSR count). The number of carbonyl (C=O) groups excluding carboxylic acids is 2. The fourth-order valence-corrected chi connectivity index (χ4v) is 4.40. The summed E-state index contributed by atoms with van der Waals surface area (Å²) in [4.78, 5) is 23.4. The summed E-state index contributed by atoms with van der Waals surface area (Å²) in [6.45, 7) is 8.95. The molecule has 1 aliphatic heterocycles. The van der Waals surface area contributed by atoms with Gasteiger partial charge in [0.1, 0.15) is 12.2 Å². The number of hydrogen-bond donors (Lipinski definition) is 1. The summed E-state index contributed by atoms with van der Waals surface area (Å²) in [7, 11) is 0. The van der Waals surface area contributed by atoms with E-state index in [9.17, 15) is 14.7 Å². The van der Waals surface area contributed by atoms with Crippen LogP contribution in [0, 0.1) is 17.8 Å². The van der Waals surface area contributed by atoms with Gasteiger partial charge in [-0.25, -0.2) is 4.79 Å². The van der Waals surface area contributed by atoms with Crippen molar-refractivity contribution in [1.29, 1.82) is 0 Å². The van der Waals surface area contributed by atoms with Crippen molar-refractivity contribution in [3.63, 3.8) is 0 Å². The van der Waals surface area contributed by atoms with Gasteiger partial charge in [-0.15, -0.1) is 0 Å². The Morgan fingerprint density at radius 2 is 2.18 bits per heavy atom. The van der Waals surface area contributed by atoms with Crippen LogP contribution in [-0.2, 0) is 19.1 Å². The lowest BCUT2D eigenvalue weighted by Gasteiger charge is -2.34. The van der Waals surface area contributed by atoms with Crippen LogP contribution in [0.3, 0.4) is 0 Å². The van der Waals surface area contributed by atoms with Gasteiger partial charge in [-0.05, 0) is 20.3 Å². The molecule has 6 atom stereocenters. The van der Waals surface area contributed by atoms with E-state index >= 15 is 0 Å². The molecule has 0 aromatic heterocycles. The van der Waals surface area contributed by atoms with Crippen molar-refractivity contribution in [3.05, 3.63) is 23.8 Å². The summed E-state index contributed by atoms with van der Waals surface area (Å²) in [6.07, 6.45) is 2.12. The van der Waals surface area contributed by atoms with Gasteiger partial charge >= 0.3 is 11.9 Å². The molecule has 0 bridgehead atoms. The Balaban J connectivity index is 2.05. The van der Waals surface area contributed by atoms with Gasteiger partial charge in [0.2, 0.25) is 0 Å². The predicted molar refractivity (Wildman–Crippen MR) is 78.7 cm³/mol. The van der Waals surface area contributed by atoms with Gasteiger partial charge in [0.25, 0.3) is 0 Å². The Morgan fingerprint density at radius 3 is 2.82 bits per heavy atom. The van der Waals surface area contributed by atoms with E-state index in [-0.39, 0.29) is 24.2 Å². The van der Waals surface area contributed by atoms with Crippen LogP contribution in [0.1, 0.15) is 33.6 Å². The van der Waals surface area contributed by atoms with Crippen LogP contribution in [0.4, 0.5) is 0 Å². The van der Waals surface area contributed by atoms with Gasteiger partial charge in [0.05, 0.1) is 11.5 Å². The van der Waals surface area contributed by atoms with Crippen LogP contribution in [0.2, 0.25) is 0 Å². The highest BCUT2D eigenvalue weighted by molar-refractivity contribution is 5.91. The summed E-state index contributed by atoms with van der Waals surface area (Å²) in [5, 5.41) is 10.9. The van der Waals surface area contributed by atoms with E-state index in [0.717, 1.165) is 12.0 Å². The Morgan fingerprint density at radius 1 is 1.50 bits per heavy atom. The second-order valence-corrected chi connectivity index (χ2v) is 6.95. The highest BCUT2D eigenvalue weighted by atomic mass is 16.6. The smallest absolute Gasteiger partial charge is 0.334 e. The van der Waals surface area contributed by atoms with Crippen LogP contribution in [0.5, 0.6) is 0 Å². The summed E-state index contributed by atoms with van der Waals surface area (Å²) in [5.41, 5.74) is 0.467. The summed E-state index contributed by atoms with van der Waals surface area (Å²) in [5.74, 6) is -1.33. The maximum atomic E-state index is 12.0. The number of rotatable bonds is 1. The zero-order chi connectivity index (χ0) is 16.2. The van der Waals surface area contributed by atoms with E-state index < -0.39 is 29.7 Å². The molecule has 1 saturated heterocycles. The number of aliphatic hydroxyl groups is 1. The first-order valence-electron chi connectivity index (χ1n) is 7.68. The second kappa shape index (κ2) is 4.95. The van der Waals surface area contributed by atoms with E-state index in [0.29, 0.717) is 5.57 Å². The van der Waals surface area contributed by atoms with Crippen molar-refractivity contribution in [1.82, 2.24) is 0 Å². The highest BCUT2D eigenvalue weighted by Crippen LogP contribution is 2.52. The molecule has 0 radical (unpaired) electrons. The number of allylic oxidation sites excluding steroid dienone is 1. The molecule has 1 saturated carbocycles. The maximum absolute atomic E-state index is 12.0. The largest absolute Gasteiger partial charge is 0.462 e. The molecule has 0 spiro atoms. The SMILES string of the molecule is C=C1C(=O)OC2C1C(OC(C)=O)CC(C)(O)C1CC=C(C)C21. The summed E-state index contributed by atoms with van der Waals surface area (Å²) >= 11 is 0. The zero-order valence-electron chi connectivity index (χ0n) is 13.2. The van der Waals surface area contributed by atoms with Gasteiger partial charge < -0.3 is 14.6 Å². The first kappa shape index (κ1) is 15.3. The third-order valence-electron chi connectivity index (χ3n) is 5.40. The average molecular weight is 306 g/mol. The molecule has 22 heavy (non-hydrogen) atoms. The standard InChI is InChI=1S/C17H22O5/c1-8-5-6-11-13(8)15-14(9(2)16(19)22-15)12(21-10(3)18)7-17(11,4)20/h5,11-15,20H,2,6-7H2,1,3-4H3. The third-order valence-corrected chi connectivity index (χ3v) is 5.40. The van der Waals surface area contributed by atoms with Crippen LogP contribution in [-0.4, -0.2) is 34.9 Å². The molecule has 1 heterocycles. The molecule has 2 aliphatic carbocycles. The third kappa shape index (κ3) is 2.19. The van der Waals surface area contributed by atoms with E-state index in [2.05, 4.69) is 12.7 Å². The van der Waals surface area contributed by atoms with Crippen LogP contribution >= 0.6 is 0 Å². The van der Waals surface area contributed by atoms with Gasteiger partial charge in [0, 0.05) is 30.8 Å². The van der Waals surface area contributed by atoms with Gasteiger partial charge in [-0.1, -0.05) is 18.2 Å². The quantitative estimate of drug-likeness (QED) is 0.454. The van der Waals surface area contributed by atoms with Gasteiger partial charge in [-0.2, -0.15) is 0 Å². The fourth-order valence-electron chi connectivity index (χ4n) is 4.40. The van der Waals surface area contributed by atoms with E-state index in [1.165, 1.54) is 6.92 Å². The molecule has 3 aliphatic rings. The van der Waals surface area contributed by atoms with Crippen molar-refractivity contribution in [2.24, 2.45) is 17.8 Å². The molecule has 2 fully saturated rings. The zero-order valence-corrected chi connectivity index (χ0v) is 13.2. The van der Waals surface area contributed by atoms with Crippen molar-refractivity contribution in [2.75, 3.05) is 0 Å². The summed E-state index contributed by atoms with van der Waals surface area (Å²) < 4.78 is 11.0. The van der Waals surface area contributed by atoms with Crippen molar-refractivity contribution in [3.8, 4) is 0 Å². The molecular formula is C17H22O5. The molecule has 120 valence electrons. The number of ether oxygens (including phenoxy) is 2. The second-order valence-electron chi connectivity index (χ2n) is 6.95. The van der Waals surface area contributed by atoms with Crippen molar-refractivity contribution >= 4 is 11.9 Å². The topological polar surface area (TPSA) is 72.8 Å². The lowest BCUT2D eigenvalue weighted by Crippen LogP contribution is -2.40. The molecule has 0 aromatic rings. The number of fused-ring (bicyclic) bond motifs is 3. The van der Waals surface area contributed by atoms with Gasteiger partial charge in [-0.3, -0.25) is 4.79 Å². The molecule has 0 aromatic carbocycles. The number of carbonyl (C=O) groups is 2. The molecular weight excluding hydrogens is 284 g/mol. The molecule has 1 N–H and O–H groups in total.